The molecule has 1 atom stereocenters. The summed E-state index contributed by atoms with van der Waals surface area (Å²) in [5.41, 5.74) is 0. The highest BCUT2D eigenvalue weighted by molar-refractivity contribution is 8.14. The van der Waals surface area contributed by atoms with E-state index in [-0.39, 0.29) is 11.1 Å². The van der Waals surface area contributed by atoms with E-state index in [9.17, 15) is 0 Å². The van der Waals surface area contributed by atoms with Crippen LogP contribution in [0.25, 0.3) is 0 Å². The summed E-state index contributed by atoms with van der Waals surface area (Å²) in [6, 6.07) is 1.50. The molecule has 0 heterocycles. The number of thiol groups is 1. The van der Waals surface area contributed by atoms with Crippen molar-refractivity contribution in [1.29, 1.82) is 0 Å². The number of rotatable bonds is 6. The van der Waals surface area contributed by atoms with Gasteiger partial charge in [-0.15, -0.1) is 0 Å². The van der Waals surface area contributed by atoms with Gasteiger partial charge >= 0.3 is 0 Å². The molecule has 0 rings (SSSR count). The van der Waals surface area contributed by atoms with E-state index in [0.29, 0.717) is 0 Å². The summed E-state index contributed by atoms with van der Waals surface area (Å²) >= 11 is 0.161. The molecule has 0 fully saturated rings. The average Bonchev–Trinajstić information content (AvgIpc) is 2.00. The van der Waals surface area contributed by atoms with Crippen molar-refractivity contribution >= 4 is 19.2 Å². The van der Waals surface area contributed by atoms with Crippen LogP contribution in [0.3, 0.4) is 0 Å². The van der Waals surface area contributed by atoms with Gasteiger partial charge in [-0.05, 0) is 25.5 Å². The highest BCUT2D eigenvalue weighted by Gasteiger charge is 2.12. The largest absolute Gasteiger partial charge is 0.274 e. The van der Waals surface area contributed by atoms with Gasteiger partial charge in [0.25, 0.3) is 0 Å². The molecule has 13 heavy (non-hydrogen) atoms. The second-order valence-electron chi connectivity index (χ2n) is 5.02. The molecular weight excluding hydrogens is 194 g/mol. The topological polar surface area (TPSA) is 3.24 Å². The van der Waals surface area contributed by atoms with Gasteiger partial charge < -0.3 is 0 Å². The predicted octanol–water partition coefficient (Wildman–Crippen LogP) is 3.21. The monoisotopic (exact) mass is 221 g/mol. The third kappa shape index (κ3) is 7.59. The average molecular weight is 221 g/mol. The number of hydrogen-bond acceptors (Lipinski definition) is 1. The van der Waals surface area contributed by atoms with Crippen molar-refractivity contribution in [2.75, 3.05) is 25.6 Å². The van der Waals surface area contributed by atoms with Crippen molar-refractivity contribution in [3.8, 4) is 0 Å². The summed E-state index contributed by atoms with van der Waals surface area (Å²) < 4.78 is 2.50. The molecule has 0 aliphatic carbocycles. The highest BCUT2D eigenvalue weighted by atomic mass is 32.2. The first-order valence-corrected chi connectivity index (χ1v) is 10.9. The quantitative estimate of drug-likeness (QED) is 0.532. The third-order valence-electron chi connectivity index (χ3n) is 2.45. The van der Waals surface area contributed by atoms with Crippen LogP contribution in [0.4, 0.5) is 0 Å². The van der Waals surface area contributed by atoms with Crippen LogP contribution in [0.1, 0.15) is 13.3 Å². The van der Waals surface area contributed by atoms with Crippen LogP contribution >= 0.6 is 11.1 Å². The van der Waals surface area contributed by atoms with Crippen LogP contribution in [0.2, 0.25) is 25.7 Å². The molecule has 82 valence electrons. The van der Waals surface area contributed by atoms with Gasteiger partial charge in [0.1, 0.15) is 0 Å². The van der Waals surface area contributed by atoms with Crippen molar-refractivity contribution in [2.45, 2.75) is 39.0 Å². The zero-order valence-electron chi connectivity index (χ0n) is 10.2. The van der Waals surface area contributed by atoms with E-state index in [1.807, 2.05) is 0 Å². The summed E-state index contributed by atoms with van der Waals surface area (Å²) in [6.45, 7) is 10.9. The molecule has 0 aliphatic heterocycles. The molecule has 0 amide bonds. The highest BCUT2D eigenvalue weighted by Crippen LogP contribution is 2.26. The molecule has 0 spiro atoms. The van der Waals surface area contributed by atoms with Gasteiger partial charge in [0, 0.05) is 14.6 Å². The maximum atomic E-state index is 2.50. The SMILES string of the molecule is CCN(C)[SH](C)CCC[Si](C)(C)C. The van der Waals surface area contributed by atoms with Gasteiger partial charge in [0.15, 0.2) is 0 Å². The van der Waals surface area contributed by atoms with Gasteiger partial charge in [0.2, 0.25) is 0 Å². The molecule has 0 aromatic carbocycles. The first-order chi connectivity index (χ1) is 5.87. The third-order valence-corrected chi connectivity index (χ3v) is 6.71. The molecule has 3 heteroatoms. The maximum Gasteiger partial charge on any atom is 0.0442 e. The molecule has 0 aromatic heterocycles. The molecular formula is C10H27NSSi. The van der Waals surface area contributed by atoms with Crippen molar-refractivity contribution in [3.05, 3.63) is 0 Å². The number of nitrogens with zero attached hydrogens (tertiary/aromatic N) is 1. The fraction of sp³-hybridized carbons (Fsp3) is 1.00. The van der Waals surface area contributed by atoms with Gasteiger partial charge in [-0.25, -0.2) is 11.1 Å². The van der Waals surface area contributed by atoms with E-state index in [1.54, 1.807) is 0 Å². The van der Waals surface area contributed by atoms with Gasteiger partial charge in [-0.2, -0.15) is 0 Å². The van der Waals surface area contributed by atoms with Crippen LogP contribution in [-0.4, -0.2) is 38.0 Å². The zero-order valence-corrected chi connectivity index (χ0v) is 12.1. The zero-order chi connectivity index (χ0) is 10.5. The van der Waals surface area contributed by atoms with Crippen LogP contribution in [-0.2, 0) is 0 Å². The molecule has 0 radical (unpaired) electrons. The van der Waals surface area contributed by atoms with Crippen molar-refractivity contribution < 1.29 is 0 Å². The van der Waals surface area contributed by atoms with E-state index in [0.717, 1.165) is 0 Å². The predicted molar refractivity (Wildman–Crippen MR) is 70.9 cm³/mol. The van der Waals surface area contributed by atoms with Gasteiger partial charge in [0.05, 0.1) is 0 Å². The Morgan fingerprint density at radius 1 is 1.23 bits per heavy atom. The lowest BCUT2D eigenvalue weighted by atomic mass is 10.6. The second kappa shape index (κ2) is 6.09. The summed E-state index contributed by atoms with van der Waals surface area (Å²) in [5, 5.41) is 0. The Bertz CT molecular complexity index is 133. The smallest absolute Gasteiger partial charge is 0.0442 e. The van der Waals surface area contributed by atoms with Gasteiger partial charge in [-0.3, -0.25) is 4.31 Å². The van der Waals surface area contributed by atoms with E-state index in [1.165, 1.54) is 24.8 Å². The Balaban J connectivity index is 3.53. The molecule has 0 aliphatic rings. The Hall–Kier alpha value is 0.527. The lowest BCUT2D eigenvalue weighted by Crippen LogP contribution is -2.21. The molecule has 0 N–H and O–H groups in total. The Labute approximate surface area is 88.4 Å². The lowest BCUT2D eigenvalue weighted by Gasteiger charge is -2.28. The molecule has 1 unspecified atom stereocenters. The summed E-state index contributed by atoms with van der Waals surface area (Å²) in [5.74, 6) is 1.43. The first kappa shape index (κ1) is 13.5. The fourth-order valence-electron chi connectivity index (χ4n) is 1.25. The summed E-state index contributed by atoms with van der Waals surface area (Å²) in [4.78, 5) is 0. The first-order valence-electron chi connectivity index (χ1n) is 5.29. The Morgan fingerprint density at radius 2 is 1.77 bits per heavy atom. The normalized spacial score (nSPS) is 16.4. The van der Waals surface area contributed by atoms with Crippen LogP contribution in [0.5, 0.6) is 0 Å². The number of hydrogen-bond donors (Lipinski definition) is 1. The van der Waals surface area contributed by atoms with Crippen LogP contribution in [0.15, 0.2) is 0 Å². The molecule has 0 saturated carbocycles. The Kier molecular flexibility index (Phi) is 6.34. The minimum absolute atomic E-state index is 0.161. The summed E-state index contributed by atoms with van der Waals surface area (Å²) in [7, 11) is 1.47. The van der Waals surface area contributed by atoms with Crippen LogP contribution < -0.4 is 0 Å². The van der Waals surface area contributed by atoms with Gasteiger partial charge in [-0.1, -0.05) is 32.6 Å². The minimum Gasteiger partial charge on any atom is -0.274 e. The fourth-order valence-corrected chi connectivity index (χ4v) is 4.23. The molecule has 1 nitrogen and oxygen atoms in total. The van der Waals surface area contributed by atoms with Crippen molar-refractivity contribution in [2.24, 2.45) is 0 Å². The van der Waals surface area contributed by atoms with E-state index >= 15 is 0 Å². The summed E-state index contributed by atoms with van der Waals surface area (Å²) in [6.07, 6.45) is 3.85. The molecule has 0 aromatic rings. The van der Waals surface area contributed by atoms with E-state index in [2.05, 4.69) is 44.2 Å². The molecule has 0 bridgehead atoms. The van der Waals surface area contributed by atoms with Crippen molar-refractivity contribution in [3.63, 3.8) is 0 Å². The second-order valence-corrected chi connectivity index (χ2v) is 13.1. The maximum absolute atomic E-state index is 2.50. The standard InChI is InChI=1S/C10H27NSSi/c1-7-11(2)12(3)9-8-10-13(4,5)6/h12H,7-10H2,1-6H3. The Morgan fingerprint density at radius 3 is 2.15 bits per heavy atom. The molecule has 0 saturated heterocycles. The minimum atomic E-state index is -0.777. The lowest BCUT2D eigenvalue weighted by molar-refractivity contribution is 0.594. The van der Waals surface area contributed by atoms with Crippen LogP contribution in [0, 0.1) is 0 Å². The van der Waals surface area contributed by atoms with E-state index in [4.69, 9.17) is 0 Å². The van der Waals surface area contributed by atoms with E-state index < -0.39 is 8.07 Å². The van der Waals surface area contributed by atoms with Crippen molar-refractivity contribution in [1.82, 2.24) is 4.31 Å².